The van der Waals surface area contributed by atoms with Gasteiger partial charge in [-0.3, -0.25) is 4.79 Å². The maximum atomic E-state index is 10.9. The Morgan fingerprint density at radius 2 is 2.11 bits per heavy atom. The molecule has 4 atom stereocenters. The number of ether oxygens (including phenoxy) is 3. The summed E-state index contributed by atoms with van der Waals surface area (Å²) in [4.78, 5) is 10.9. The van der Waals surface area contributed by atoms with Crippen molar-refractivity contribution in [2.24, 2.45) is 5.41 Å². The van der Waals surface area contributed by atoms with E-state index in [4.69, 9.17) is 14.2 Å². The fourth-order valence-corrected chi connectivity index (χ4v) is 2.27. The van der Waals surface area contributed by atoms with Gasteiger partial charge in [0.25, 0.3) is 0 Å². The van der Waals surface area contributed by atoms with E-state index in [1.54, 1.807) is 6.92 Å². The molecule has 0 bridgehead atoms. The molecule has 18 heavy (non-hydrogen) atoms. The fourth-order valence-electron chi connectivity index (χ4n) is 2.27. The van der Waals surface area contributed by atoms with Crippen molar-refractivity contribution in [3.63, 3.8) is 0 Å². The van der Waals surface area contributed by atoms with E-state index in [0.717, 1.165) is 0 Å². The minimum atomic E-state index is -0.617. The molecular weight excluding hydrogens is 236 g/mol. The lowest BCUT2D eigenvalue weighted by Crippen LogP contribution is -2.44. The average Bonchev–Trinajstić information content (AvgIpc) is 2.51. The second-order valence-corrected chi connectivity index (χ2v) is 5.04. The van der Waals surface area contributed by atoms with Crippen LogP contribution >= 0.6 is 0 Å². The number of hydrogen-bond acceptors (Lipinski definition) is 5. The highest BCUT2D eigenvalue weighted by Crippen LogP contribution is 2.41. The van der Waals surface area contributed by atoms with Crippen LogP contribution in [0.4, 0.5) is 0 Å². The van der Waals surface area contributed by atoms with Crippen molar-refractivity contribution in [1.29, 1.82) is 0 Å². The number of allylic oxidation sites excluding steroid dienone is 1. The van der Waals surface area contributed by atoms with Gasteiger partial charge < -0.3 is 19.3 Å². The van der Waals surface area contributed by atoms with Crippen LogP contribution in [0, 0.1) is 5.41 Å². The SMILES string of the molecule is C=C(C)O[C@H]1[C@H](C)O[C@H](COC(C)=O)[C@@]1(C)CO. The largest absolute Gasteiger partial charge is 0.492 e. The lowest BCUT2D eigenvalue weighted by Gasteiger charge is -2.33. The minimum absolute atomic E-state index is 0.110. The number of hydrogen-bond donors (Lipinski definition) is 1. The molecule has 0 unspecified atom stereocenters. The van der Waals surface area contributed by atoms with E-state index in [0.29, 0.717) is 5.76 Å². The summed E-state index contributed by atoms with van der Waals surface area (Å²) in [5, 5.41) is 9.63. The summed E-state index contributed by atoms with van der Waals surface area (Å²) in [5.41, 5.74) is -0.617. The second kappa shape index (κ2) is 5.71. The number of esters is 1. The quantitative estimate of drug-likeness (QED) is 0.594. The molecule has 1 fully saturated rings. The van der Waals surface area contributed by atoms with Crippen LogP contribution in [-0.2, 0) is 19.0 Å². The summed E-state index contributed by atoms with van der Waals surface area (Å²) in [6, 6.07) is 0. The predicted octanol–water partition coefficient (Wildman–Crippen LogP) is 1.25. The molecule has 0 aliphatic carbocycles. The molecule has 1 N–H and O–H groups in total. The number of carbonyl (C=O) groups is 1. The molecule has 5 nitrogen and oxygen atoms in total. The van der Waals surface area contributed by atoms with Gasteiger partial charge >= 0.3 is 5.97 Å². The van der Waals surface area contributed by atoms with Gasteiger partial charge in [0.05, 0.1) is 23.9 Å². The standard InChI is InChI=1S/C13H22O5/c1-8(2)17-12-9(3)18-11(6-16-10(4)15)13(12,5)7-14/h9,11-12,14H,1,6-7H2,2-5H3/t9-,11+,12-,13+/m0/s1. The lowest BCUT2D eigenvalue weighted by atomic mass is 9.80. The minimum Gasteiger partial charge on any atom is -0.492 e. The smallest absolute Gasteiger partial charge is 0.302 e. The molecule has 1 aliphatic rings. The van der Waals surface area contributed by atoms with Crippen molar-refractivity contribution in [3.8, 4) is 0 Å². The van der Waals surface area contributed by atoms with Gasteiger partial charge in [0.1, 0.15) is 18.8 Å². The second-order valence-electron chi connectivity index (χ2n) is 5.04. The molecule has 1 rings (SSSR count). The van der Waals surface area contributed by atoms with E-state index < -0.39 is 5.41 Å². The molecule has 0 amide bonds. The van der Waals surface area contributed by atoms with Gasteiger partial charge in [-0.05, 0) is 13.8 Å². The van der Waals surface area contributed by atoms with Crippen molar-refractivity contribution < 1.29 is 24.1 Å². The molecule has 0 radical (unpaired) electrons. The van der Waals surface area contributed by atoms with E-state index in [1.165, 1.54) is 6.92 Å². The van der Waals surface area contributed by atoms with Crippen molar-refractivity contribution in [3.05, 3.63) is 12.3 Å². The van der Waals surface area contributed by atoms with E-state index in [1.807, 2.05) is 13.8 Å². The number of aliphatic hydroxyl groups is 1. The first kappa shape index (κ1) is 15.0. The predicted molar refractivity (Wildman–Crippen MR) is 65.8 cm³/mol. The molecule has 104 valence electrons. The van der Waals surface area contributed by atoms with Crippen molar-refractivity contribution >= 4 is 5.97 Å². The first-order chi connectivity index (χ1) is 8.31. The molecule has 1 heterocycles. The summed E-state index contributed by atoms with van der Waals surface area (Å²) in [6.07, 6.45) is -0.884. The highest BCUT2D eigenvalue weighted by molar-refractivity contribution is 5.65. The maximum Gasteiger partial charge on any atom is 0.302 e. The zero-order chi connectivity index (χ0) is 13.9. The fraction of sp³-hybridized carbons (Fsp3) is 0.769. The normalized spacial score (nSPS) is 35.3. The first-order valence-corrected chi connectivity index (χ1v) is 6.03. The molecular formula is C13H22O5. The Labute approximate surface area is 108 Å². The Hall–Kier alpha value is -1.07. The summed E-state index contributed by atoms with van der Waals surface area (Å²) < 4.78 is 16.3. The molecule has 0 aromatic rings. The zero-order valence-corrected chi connectivity index (χ0v) is 11.4. The third kappa shape index (κ3) is 3.03. The van der Waals surface area contributed by atoms with E-state index in [9.17, 15) is 9.90 Å². The Balaban J connectivity index is 2.81. The van der Waals surface area contributed by atoms with Crippen LogP contribution in [0.25, 0.3) is 0 Å². The number of carbonyl (C=O) groups excluding carboxylic acids is 1. The van der Waals surface area contributed by atoms with Gasteiger partial charge in [-0.1, -0.05) is 13.5 Å². The molecule has 0 spiro atoms. The highest BCUT2D eigenvalue weighted by Gasteiger charge is 2.53. The van der Waals surface area contributed by atoms with Crippen LogP contribution in [0.1, 0.15) is 27.7 Å². The van der Waals surface area contributed by atoms with Crippen LogP contribution in [0.2, 0.25) is 0 Å². The monoisotopic (exact) mass is 258 g/mol. The third-order valence-electron chi connectivity index (χ3n) is 3.30. The van der Waals surface area contributed by atoms with Gasteiger partial charge in [0, 0.05) is 6.92 Å². The Kier molecular flexibility index (Phi) is 4.76. The van der Waals surface area contributed by atoms with Crippen LogP contribution in [0.5, 0.6) is 0 Å². The Morgan fingerprint density at radius 1 is 1.50 bits per heavy atom. The van der Waals surface area contributed by atoms with Crippen molar-refractivity contribution in [1.82, 2.24) is 0 Å². The van der Waals surface area contributed by atoms with Crippen LogP contribution < -0.4 is 0 Å². The summed E-state index contributed by atoms with van der Waals surface area (Å²) in [6.45, 7) is 10.5. The van der Waals surface area contributed by atoms with Crippen LogP contribution in [0.3, 0.4) is 0 Å². The van der Waals surface area contributed by atoms with Gasteiger partial charge in [-0.2, -0.15) is 0 Å². The topological polar surface area (TPSA) is 65.0 Å². The van der Waals surface area contributed by atoms with E-state index in [-0.39, 0.29) is 37.5 Å². The van der Waals surface area contributed by atoms with Crippen LogP contribution in [0.15, 0.2) is 12.3 Å². The Bertz CT molecular complexity index is 327. The lowest BCUT2D eigenvalue weighted by molar-refractivity contribution is -0.147. The van der Waals surface area contributed by atoms with Gasteiger partial charge in [0.15, 0.2) is 0 Å². The van der Waals surface area contributed by atoms with E-state index >= 15 is 0 Å². The zero-order valence-electron chi connectivity index (χ0n) is 11.4. The maximum absolute atomic E-state index is 10.9. The van der Waals surface area contributed by atoms with Gasteiger partial charge in [0.2, 0.25) is 0 Å². The van der Waals surface area contributed by atoms with Gasteiger partial charge in [-0.15, -0.1) is 0 Å². The van der Waals surface area contributed by atoms with Crippen LogP contribution in [-0.4, -0.2) is 42.6 Å². The summed E-state index contributed by atoms with van der Waals surface area (Å²) >= 11 is 0. The third-order valence-corrected chi connectivity index (χ3v) is 3.30. The summed E-state index contributed by atoms with van der Waals surface area (Å²) in [5.74, 6) is 0.207. The molecule has 1 saturated heterocycles. The summed E-state index contributed by atoms with van der Waals surface area (Å²) in [7, 11) is 0. The molecule has 1 aliphatic heterocycles. The molecule has 0 aromatic heterocycles. The first-order valence-electron chi connectivity index (χ1n) is 6.03. The average molecular weight is 258 g/mol. The molecule has 5 heteroatoms. The molecule has 0 aromatic carbocycles. The van der Waals surface area contributed by atoms with Crippen molar-refractivity contribution in [2.45, 2.75) is 46.0 Å². The number of aliphatic hydroxyl groups excluding tert-OH is 1. The highest BCUT2D eigenvalue weighted by atomic mass is 16.6. The molecule has 0 saturated carbocycles. The Morgan fingerprint density at radius 3 is 2.56 bits per heavy atom. The number of rotatable bonds is 5. The van der Waals surface area contributed by atoms with Gasteiger partial charge in [-0.25, -0.2) is 0 Å². The van der Waals surface area contributed by atoms with Crippen molar-refractivity contribution in [2.75, 3.05) is 13.2 Å². The van der Waals surface area contributed by atoms with E-state index in [2.05, 4.69) is 6.58 Å².